The number of aromatic nitrogens is 1. The van der Waals surface area contributed by atoms with Crippen LogP contribution in [0, 0.1) is 12.7 Å². The van der Waals surface area contributed by atoms with Crippen LogP contribution in [0.15, 0.2) is 42.5 Å². The molecular formula is C23H27FN4O4. The number of nitrogens with zero attached hydrogens (tertiary/aromatic N) is 2. The lowest BCUT2D eigenvalue weighted by atomic mass is 10.1. The first-order chi connectivity index (χ1) is 15.1. The van der Waals surface area contributed by atoms with Crippen LogP contribution in [0.4, 0.5) is 10.1 Å². The summed E-state index contributed by atoms with van der Waals surface area (Å²) in [6, 6.07) is 11.6. The highest BCUT2D eigenvalue weighted by Crippen LogP contribution is 2.20. The largest absolute Gasteiger partial charge is 0.483 e. The summed E-state index contributed by atoms with van der Waals surface area (Å²) in [6.45, 7) is 2.25. The number of carboxylic acid groups (broad SMARTS) is 1. The zero-order valence-corrected chi connectivity index (χ0v) is 18.5. The molecule has 0 aliphatic carbocycles. The number of aromatic amines is 1. The Morgan fingerprint density at radius 2 is 1.81 bits per heavy atom. The summed E-state index contributed by atoms with van der Waals surface area (Å²) >= 11 is 0. The zero-order chi connectivity index (χ0) is 23.8. The van der Waals surface area contributed by atoms with Crippen molar-refractivity contribution in [2.24, 2.45) is 0 Å². The molecule has 0 bridgehead atoms. The fourth-order valence-corrected chi connectivity index (χ4v) is 3.16. The quantitative estimate of drug-likeness (QED) is 0.509. The summed E-state index contributed by atoms with van der Waals surface area (Å²) in [5, 5.41) is 10.5. The number of aryl methyl sites for hydroxylation is 1. The van der Waals surface area contributed by atoms with E-state index in [0.717, 1.165) is 22.2 Å². The highest BCUT2D eigenvalue weighted by atomic mass is 19.1. The highest BCUT2D eigenvalue weighted by molar-refractivity contribution is 5.98. The molecule has 1 heterocycles. The van der Waals surface area contributed by atoms with Crippen LogP contribution < -0.4 is 5.32 Å². The number of likely N-dealkylation sites (N-methyl/N-ethyl adjacent to an activating group) is 1. The van der Waals surface area contributed by atoms with Gasteiger partial charge in [-0.3, -0.25) is 14.4 Å². The fourth-order valence-electron chi connectivity index (χ4n) is 3.16. The van der Waals surface area contributed by atoms with Crippen LogP contribution in [-0.4, -0.2) is 65.9 Å². The number of carbonyl (C=O) groups is 3. The van der Waals surface area contributed by atoms with Crippen LogP contribution >= 0.6 is 0 Å². The van der Waals surface area contributed by atoms with Crippen LogP contribution in [0.1, 0.15) is 21.6 Å². The molecule has 3 aromatic rings. The molecule has 0 unspecified atom stereocenters. The van der Waals surface area contributed by atoms with Crippen LogP contribution in [0.5, 0.6) is 0 Å². The van der Waals surface area contributed by atoms with E-state index in [-0.39, 0.29) is 30.6 Å². The monoisotopic (exact) mass is 442 g/mol. The molecule has 9 heteroatoms. The van der Waals surface area contributed by atoms with E-state index in [1.54, 1.807) is 35.0 Å². The maximum Gasteiger partial charge on any atom is 0.290 e. The number of amides is 2. The van der Waals surface area contributed by atoms with Crippen molar-refractivity contribution in [2.45, 2.75) is 13.5 Å². The van der Waals surface area contributed by atoms with Gasteiger partial charge in [-0.05, 0) is 63.0 Å². The van der Waals surface area contributed by atoms with Gasteiger partial charge in [0.05, 0.1) is 13.1 Å². The SMILES string of the molecule is Cc1ccc(C(=O)N(C)Cc2cc3cc(F)ccc3[nH]2)cc1NC(=O)CN(C)C.O=CO. The number of fused-ring (bicyclic) bond motifs is 1. The van der Waals surface area contributed by atoms with Crippen molar-refractivity contribution >= 4 is 34.9 Å². The van der Waals surface area contributed by atoms with Crippen LogP contribution in [-0.2, 0) is 16.1 Å². The van der Waals surface area contributed by atoms with E-state index >= 15 is 0 Å². The average molecular weight is 442 g/mol. The smallest absolute Gasteiger partial charge is 0.290 e. The van der Waals surface area contributed by atoms with E-state index in [9.17, 15) is 14.0 Å². The second kappa shape index (κ2) is 11.1. The van der Waals surface area contributed by atoms with Crippen molar-refractivity contribution in [2.75, 3.05) is 33.0 Å². The lowest BCUT2D eigenvalue weighted by molar-refractivity contribution is -0.123. The Morgan fingerprint density at radius 3 is 2.47 bits per heavy atom. The summed E-state index contributed by atoms with van der Waals surface area (Å²) in [5.74, 6) is -0.602. The second-order valence-corrected chi connectivity index (χ2v) is 7.61. The predicted molar refractivity (Wildman–Crippen MR) is 121 cm³/mol. The van der Waals surface area contributed by atoms with E-state index in [2.05, 4.69) is 10.3 Å². The average Bonchev–Trinajstić information content (AvgIpc) is 3.10. The molecule has 0 fully saturated rings. The summed E-state index contributed by atoms with van der Waals surface area (Å²) in [4.78, 5) is 39.9. The molecule has 1 aromatic heterocycles. The number of carbonyl (C=O) groups excluding carboxylic acids is 2. The molecule has 0 aliphatic rings. The third-order valence-corrected chi connectivity index (χ3v) is 4.61. The van der Waals surface area contributed by atoms with Gasteiger partial charge in [0.2, 0.25) is 5.91 Å². The topological polar surface area (TPSA) is 106 Å². The van der Waals surface area contributed by atoms with E-state index in [4.69, 9.17) is 9.90 Å². The van der Waals surface area contributed by atoms with E-state index in [1.165, 1.54) is 12.1 Å². The zero-order valence-electron chi connectivity index (χ0n) is 18.5. The van der Waals surface area contributed by atoms with Crippen molar-refractivity contribution in [1.82, 2.24) is 14.8 Å². The van der Waals surface area contributed by atoms with Crippen LogP contribution in [0.2, 0.25) is 0 Å². The summed E-state index contributed by atoms with van der Waals surface area (Å²) in [7, 11) is 5.35. The highest BCUT2D eigenvalue weighted by Gasteiger charge is 2.16. The van der Waals surface area contributed by atoms with Crippen molar-refractivity contribution in [3.05, 3.63) is 65.1 Å². The lowest BCUT2D eigenvalue weighted by Crippen LogP contribution is -2.28. The van der Waals surface area contributed by atoms with Crippen LogP contribution in [0.25, 0.3) is 10.9 Å². The van der Waals surface area contributed by atoms with Gasteiger partial charge in [0, 0.05) is 34.9 Å². The van der Waals surface area contributed by atoms with Gasteiger partial charge in [0.15, 0.2) is 0 Å². The Kier molecular flexibility index (Phi) is 8.48. The standard InChI is InChI=1S/C22H25FN4O2.CH2O2/c1-14-5-6-15(11-20(14)25-21(28)13-26(2)3)22(29)27(4)12-18-10-16-9-17(23)7-8-19(16)24-18;2-1-3/h5-11,24H,12-13H2,1-4H3,(H,25,28);1H,(H,2,3). The third-order valence-electron chi connectivity index (χ3n) is 4.61. The minimum Gasteiger partial charge on any atom is -0.483 e. The van der Waals surface area contributed by atoms with Crippen molar-refractivity contribution in [3.63, 3.8) is 0 Å². The molecule has 32 heavy (non-hydrogen) atoms. The minimum absolute atomic E-state index is 0.138. The number of nitrogens with one attached hydrogen (secondary N) is 2. The maximum absolute atomic E-state index is 13.4. The first-order valence-corrected chi connectivity index (χ1v) is 9.80. The summed E-state index contributed by atoms with van der Waals surface area (Å²) in [5.41, 5.74) is 3.63. The first kappa shape index (κ1) is 24.5. The molecule has 0 saturated carbocycles. The molecule has 0 spiro atoms. The van der Waals surface area contributed by atoms with Gasteiger partial charge in [-0.25, -0.2) is 4.39 Å². The predicted octanol–water partition coefficient (Wildman–Crippen LogP) is 3.09. The summed E-state index contributed by atoms with van der Waals surface area (Å²) < 4.78 is 13.4. The number of anilines is 1. The van der Waals surface area contributed by atoms with E-state index < -0.39 is 0 Å². The van der Waals surface area contributed by atoms with Gasteiger partial charge in [0.1, 0.15) is 5.82 Å². The molecule has 170 valence electrons. The van der Waals surface area contributed by atoms with Gasteiger partial charge >= 0.3 is 0 Å². The van der Waals surface area contributed by atoms with Gasteiger partial charge < -0.3 is 25.2 Å². The number of hydrogen-bond acceptors (Lipinski definition) is 4. The third kappa shape index (κ3) is 6.64. The van der Waals surface area contributed by atoms with Gasteiger partial charge in [-0.15, -0.1) is 0 Å². The summed E-state index contributed by atoms with van der Waals surface area (Å²) in [6.07, 6.45) is 0. The minimum atomic E-state index is -0.295. The molecule has 3 rings (SSSR count). The number of benzene rings is 2. The van der Waals surface area contributed by atoms with E-state index in [1.807, 2.05) is 33.2 Å². The van der Waals surface area contributed by atoms with Gasteiger partial charge in [-0.1, -0.05) is 6.07 Å². The Balaban J connectivity index is 0.00000114. The van der Waals surface area contributed by atoms with Crippen LogP contribution in [0.3, 0.4) is 0 Å². The van der Waals surface area contributed by atoms with Gasteiger partial charge in [-0.2, -0.15) is 0 Å². The fraction of sp³-hybridized carbons (Fsp3) is 0.261. The Labute approximate surface area is 185 Å². The molecule has 2 aromatic carbocycles. The molecule has 8 nitrogen and oxygen atoms in total. The second-order valence-electron chi connectivity index (χ2n) is 7.61. The number of halogens is 1. The molecule has 0 saturated heterocycles. The normalized spacial score (nSPS) is 10.4. The number of H-pyrrole nitrogens is 1. The van der Waals surface area contributed by atoms with Crippen molar-refractivity contribution in [3.8, 4) is 0 Å². The lowest BCUT2D eigenvalue weighted by Gasteiger charge is -2.18. The first-order valence-electron chi connectivity index (χ1n) is 9.80. The van der Waals surface area contributed by atoms with E-state index in [0.29, 0.717) is 17.8 Å². The Morgan fingerprint density at radius 1 is 1.12 bits per heavy atom. The van der Waals surface area contributed by atoms with Gasteiger partial charge in [0.25, 0.3) is 12.4 Å². The van der Waals surface area contributed by atoms with Crippen molar-refractivity contribution < 1.29 is 23.9 Å². The van der Waals surface area contributed by atoms with Crippen molar-refractivity contribution in [1.29, 1.82) is 0 Å². The molecule has 0 radical (unpaired) electrons. The molecule has 0 atom stereocenters. The Bertz CT molecular complexity index is 1110. The molecule has 3 N–H and O–H groups in total. The number of rotatable bonds is 6. The molecular weight excluding hydrogens is 415 g/mol. The Hall–Kier alpha value is -3.72. The molecule has 2 amide bonds. The molecule has 0 aliphatic heterocycles. The maximum atomic E-state index is 13.4. The number of hydrogen-bond donors (Lipinski definition) is 3.